The molecule has 7 heteroatoms. The van der Waals surface area contributed by atoms with Crippen molar-refractivity contribution in [3.8, 4) is 0 Å². The van der Waals surface area contributed by atoms with Crippen molar-refractivity contribution in [3.63, 3.8) is 0 Å². The quantitative estimate of drug-likeness (QED) is 0.638. The van der Waals surface area contributed by atoms with Gasteiger partial charge < -0.3 is 20.1 Å². The Labute approximate surface area is 113 Å². The van der Waals surface area contributed by atoms with Crippen molar-refractivity contribution in [2.45, 2.75) is 13.8 Å². The van der Waals surface area contributed by atoms with E-state index in [0.717, 1.165) is 0 Å². The van der Waals surface area contributed by atoms with E-state index in [4.69, 9.17) is 15.2 Å². The van der Waals surface area contributed by atoms with Crippen molar-refractivity contribution in [2.75, 3.05) is 45.3 Å². The number of hydrogen-bond acceptors (Lipinski definition) is 5. The Kier molecular flexibility index (Phi) is 6.91. The summed E-state index contributed by atoms with van der Waals surface area (Å²) >= 11 is 0. The molecule has 0 aliphatic heterocycles. The highest BCUT2D eigenvalue weighted by Crippen LogP contribution is 2.10. The van der Waals surface area contributed by atoms with E-state index in [0.29, 0.717) is 45.1 Å². The Balaban J connectivity index is 2.60. The number of nitrogens with one attached hydrogen (secondary N) is 1. The van der Waals surface area contributed by atoms with Crippen LogP contribution in [0.15, 0.2) is 6.20 Å². The fraction of sp³-hybridized carbons (Fsp3) is 0.667. The number of hydrogen-bond donors (Lipinski definition) is 2. The van der Waals surface area contributed by atoms with E-state index in [1.165, 1.54) is 6.20 Å². The smallest absolute Gasteiger partial charge is 0.259 e. The molecular formula is C12H22N4O3. The Morgan fingerprint density at radius 3 is 2.32 bits per heavy atom. The Bertz CT molecular complexity index is 371. The van der Waals surface area contributed by atoms with E-state index >= 15 is 0 Å². The minimum absolute atomic E-state index is 0.161. The lowest BCUT2D eigenvalue weighted by Gasteiger charge is -2.22. The summed E-state index contributed by atoms with van der Waals surface area (Å²) < 4.78 is 10.6. The largest absolute Gasteiger partial charge is 0.383 e. The van der Waals surface area contributed by atoms with Crippen LogP contribution in [0, 0.1) is 0 Å². The van der Waals surface area contributed by atoms with Gasteiger partial charge in [0.05, 0.1) is 19.4 Å². The predicted molar refractivity (Wildman–Crippen MR) is 71.9 cm³/mol. The first-order valence-electron chi connectivity index (χ1n) is 6.44. The van der Waals surface area contributed by atoms with Crippen molar-refractivity contribution in [2.24, 2.45) is 0 Å². The Hall–Kier alpha value is -1.60. The molecule has 108 valence electrons. The van der Waals surface area contributed by atoms with Gasteiger partial charge in [0.2, 0.25) is 0 Å². The Morgan fingerprint density at radius 1 is 1.32 bits per heavy atom. The van der Waals surface area contributed by atoms with Crippen molar-refractivity contribution >= 4 is 11.7 Å². The first kappa shape index (κ1) is 15.5. The van der Waals surface area contributed by atoms with E-state index in [2.05, 4.69) is 10.2 Å². The number of nitrogens with zero attached hydrogens (tertiary/aromatic N) is 2. The molecule has 0 unspecified atom stereocenters. The van der Waals surface area contributed by atoms with Gasteiger partial charge in [0, 0.05) is 26.3 Å². The summed E-state index contributed by atoms with van der Waals surface area (Å²) in [6.45, 7) is 7.08. The molecule has 0 fully saturated rings. The molecule has 7 nitrogen and oxygen atoms in total. The van der Waals surface area contributed by atoms with Crippen molar-refractivity contribution in [3.05, 3.63) is 11.8 Å². The minimum Gasteiger partial charge on any atom is -0.383 e. The summed E-state index contributed by atoms with van der Waals surface area (Å²) in [4.78, 5) is 13.9. The van der Waals surface area contributed by atoms with E-state index < -0.39 is 0 Å². The number of amides is 1. The third-order valence-corrected chi connectivity index (χ3v) is 2.61. The highest BCUT2D eigenvalue weighted by molar-refractivity contribution is 5.98. The maximum absolute atomic E-state index is 12.3. The normalized spacial score (nSPS) is 10.6. The molecule has 19 heavy (non-hydrogen) atoms. The fourth-order valence-corrected chi connectivity index (χ4v) is 1.59. The van der Waals surface area contributed by atoms with Crippen LogP contribution in [0.4, 0.5) is 5.82 Å². The van der Waals surface area contributed by atoms with E-state index in [9.17, 15) is 4.79 Å². The van der Waals surface area contributed by atoms with Crippen LogP contribution < -0.4 is 5.73 Å². The lowest BCUT2D eigenvalue weighted by atomic mass is 10.2. The van der Waals surface area contributed by atoms with Gasteiger partial charge in [-0.2, -0.15) is 5.10 Å². The van der Waals surface area contributed by atoms with Crippen LogP contribution in [0.25, 0.3) is 0 Å². The zero-order valence-electron chi connectivity index (χ0n) is 11.5. The van der Waals surface area contributed by atoms with Crippen LogP contribution in [0.3, 0.4) is 0 Å². The number of ether oxygens (including phenoxy) is 2. The van der Waals surface area contributed by atoms with Crippen LogP contribution in [0.5, 0.6) is 0 Å². The standard InChI is InChI=1S/C12H22N4O3/c1-3-18-7-5-16(6-8-19-4-2)12(17)10-9-14-15-11(10)13/h9H,3-8H2,1-2H3,(H3,13,14,15). The molecule has 0 bridgehead atoms. The molecule has 0 aliphatic carbocycles. The topological polar surface area (TPSA) is 93.5 Å². The second kappa shape index (κ2) is 8.49. The highest BCUT2D eigenvalue weighted by atomic mass is 16.5. The van der Waals surface area contributed by atoms with Gasteiger partial charge in [0.1, 0.15) is 11.4 Å². The molecule has 0 saturated carbocycles. The van der Waals surface area contributed by atoms with E-state index in [1.54, 1.807) is 4.90 Å². The van der Waals surface area contributed by atoms with Gasteiger partial charge in [-0.25, -0.2) is 0 Å². The van der Waals surface area contributed by atoms with E-state index in [1.807, 2.05) is 13.8 Å². The van der Waals surface area contributed by atoms with Crippen molar-refractivity contribution in [1.82, 2.24) is 15.1 Å². The molecular weight excluding hydrogens is 248 g/mol. The number of H-pyrrole nitrogens is 1. The van der Waals surface area contributed by atoms with Gasteiger partial charge in [-0.15, -0.1) is 0 Å². The highest BCUT2D eigenvalue weighted by Gasteiger charge is 2.19. The monoisotopic (exact) mass is 270 g/mol. The molecule has 1 heterocycles. The summed E-state index contributed by atoms with van der Waals surface area (Å²) in [5.74, 6) is 0.119. The van der Waals surface area contributed by atoms with Gasteiger partial charge >= 0.3 is 0 Å². The molecule has 1 aromatic rings. The summed E-state index contributed by atoms with van der Waals surface area (Å²) in [5, 5.41) is 6.31. The lowest BCUT2D eigenvalue weighted by Crippen LogP contribution is -2.37. The summed E-state index contributed by atoms with van der Waals surface area (Å²) in [6, 6.07) is 0. The second-order valence-electron chi connectivity index (χ2n) is 3.88. The number of nitrogens with two attached hydrogens (primary N) is 1. The number of rotatable bonds is 9. The summed E-state index contributed by atoms with van der Waals surface area (Å²) in [5.41, 5.74) is 6.04. The average molecular weight is 270 g/mol. The van der Waals surface area contributed by atoms with Crippen LogP contribution in [0.2, 0.25) is 0 Å². The summed E-state index contributed by atoms with van der Waals surface area (Å²) in [7, 11) is 0. The van der Waals surface area contributed by atoms with Crippen LogP contribution in [-0.4, -0.2) is 60.5 Å². The molecule has 3 N–H and O–H groups in total. The van der Waals surface area contributed by atoms with Gasteiger partial charge in [-0.05, 0) is 13.8 Å². The number of aromatic nitrogens is 2. The molecule has 0 spiro atoms. The lowest BCUT2D eigenvalue weighted by molar-refractivity contribution is 0.0551. The van der Waals surface area contributed by atoms with Gasteiger partial charge in [-0.1, -0.05) is 0 Å². The SMILES string of the molecule is CCOCCN(CCOCC)C(=O)c1cn[nH]c1N. The minimum atomic E-state index is -0.161. The van der Waals surface area contributed by atoms with Crippen molar-refractivity contribution in [1.29, 1.82) is 0 Å². The first-order valence-corrected chi connectivity index (χ1v) is 6.44. The number of anilines is 1. The molecule has 1 aromatic heterocycles. The van der Waals surface area contributed by atoms with Crippen LogP contribution in [-0.2, 0) is 9.47 Å². The molecule has 1 amide bonds. The predicted octanol–water partition coefficient (Wildman–Crippen LogP) is 0.507. The Morgan fingerprint density at radius 2 is 1.89 bits per heavy atom. The van der Waals surface area contributed by atoms with Crippen LogP contribution >= 0.6 is 0 Å². The zero-order valence-corrected chi connectivity index (χ0v) is 11.5. The maximum Gasteiger partial charge on any atom is 0.259 e. The third-order valence-electron chi connectivity index (χ3n) is 2.61. The van der Waals surface area contributed by atoms with Crippen LogP contribution in [0.1, 0.15) is 24.2 Å². The molecule has 0 atom stereocenters. The van der Waals surface area contributed by atoms with Gasteiger partial charge in [-0.3, -0.25) is 9.89 Å². The van der Waals surface area contributed by atoms with Gasteiger partial charge in [0.25, 0.3) is 5.91 Å². The average Bonchev–Trinajstić information content (AvgIpc) is 2.83. The number of carbonyl (C=O) groups excluding carboxylic acids is 1. The number of carbonyl (C=O) groups is 1. The maximum atomic E-state index is 12.3. The second-order valence-corrected chi connectivity index (χ2v) is 3.88. The number of aromatic amines is 1. The van der Waals surface area contributed by atoms with Crippen molar-refractivity contribution < 1.29 is 14.3 Å². The molecule has 0 aromatic carbocycles. The fourth-order valence-electron chi connectivity index (χ4n) is 1.59. The number of nitrogen functional groups attached to an aromatic ring is 1. The molecule has 1 rings (SSSR count). The molecule has 0 radical (unpaired) electrons. The third kappa shape index (κ3) is 4.88. The first-order chi connectivity index (χ1) is 9.20. The van der Waals surface area contributed by atoms with Gasteiger partial charge in [0.15, 0.2) is 0 Å². The molecule has 0 aliphatic rings. The van der Waals surface area contributed by atoms with E-state index in [-0.39, 0.29) is 11.7 Å². The zero-order chi connectivity index (χ0) is 14.1. The summed E-state index contributed by atoms with van der Waals surface area (Å²) in [6.07, 6.45) is 1.44. The molecule has 0 saturated heterocycles.